The fourth-order valence-electron chi connectivity index (χ4n) is 24.4. The Morgan fingerprint density at radius 1 is 0.369 bits per heavy atom. The number of cyclic esters (lactones) is 6. The monoisotopic (exact) mass is 1850 g/mol. The molecule has 0 aromatic heterocycles. The van der Waals surface area contributed by atoms with Crippen molar-refractivity contribution in [3.63, 3.8) is 0 Å². The largest absolute Gasteiger partial charge is 0.465 e. The predicted molar refractivity (Wildman–Crippen MR) is 505 cm³/mol. The van der Waals surface area contributed by atoms with E-state index >= 15 is 0 Å². The van der Waals surface area contributed by atoms with Crippen molar-refractivity contribution in [3.05, 3.63) is 0 Å². The molecule has 12 bridgehead atoms. The van der Waals surface area contributed by atoms with E-state index in [1.54, 1.807) is 0 Å². The molecule has 30 atom stereocenters. The van der Waals surface area contributed by atoms with Crippen LogP contribution in [0.1, 0.15) is 355 Å². The lowest BCUT2D eigenvalue weighted by Gasteiger charge is -2.37. The first-order chi connectivity index (χ1) is 55.8. The Hall–Kier alpha value is -6.40. The van der Waals surface area contributed by atoms with E-state index in [9.17, 15) is 57.5 Å². The SMILES string of the molecule is C.C.C.C.C.C.C.C.C.C.C.C.CCC(C)(C)C(=O)OC1CC2CC1C1(CCOC1=O)C2.CCC(C)(C)C(=O)OC1CC2CC1C1(COC(=O)C1)C2.CCC(C)(C)C(=O)OC1CC2CC1C1C(=O)OCC21.CCC(C)(C)C(=O)OC1CC2CC1CC21CCOC1=O.CCC(C)C(=O)OC1CC2CC1C1C(=O)OCC21.CCOC1C2CC(C3COC(=O)C32)C1OC(=O)C(C)CC. The first-order valence-corrected chi connectivity index (χ1v) is 45.6. The van der Waals surface area contributed by atoms with E-state index in [-0.39, 0.29) is 285 Å². The molecule has 0 N–H and O–H groups in total. The highest BCUT2D eigenvalue weighted by Crippen LogP contribution is 2.65. The lowest BCUT2D eigenvalue weighted by atomic mass is 9.71. The maximum Gasteiger partial charge on any atom is 0.312 e. The van der Waals surface area contributed by atoms with Gasteiger partial charge in [0, 0.05) is 65.3 Å². The Labute approximate surface area is 786 Å². The smallest absolute Gasteiger partial charge is 0.312 e. The summed E-state index contributed by atoms with van der Waals surface area (Å²) < 4.78 is 71.4. The highest BCUT2D eigenvalue weighted by molar-refractivity contribution is 5.83. The van der Waals surface area contributed by atoms with E-state index in [4.69, 9.17) is 61.6 Å². The number of carbonyl (C=O) groups excluding carboxylic acids is 12. The summed E-state index contributed by atoms with van der Waals surface area (Å²) in [6.45, 7) is 36.9. The minimum Gasteiger partial charge on any atom is -0.465 e. The summed E-state index contributed by atoms with van der Waals surface area (Å²) in [6, 6.07) is 0. The molecule has 0 aromatic carbocycles. The summed E-state index contributed by atoms with van der Waals surface area (Å²) in [5.74, 6) is 3.75. The minimum atomic E-state index is -0.439. The molecule has 130 heavy (non-hydrogen) atoms. The van der Waals surface area contributed by atoms with Crippen molar-refractivity contribution in [2.75, 3.05) is 46.2 Å². The van der Waals surface area contributed by atoms with Crippen molar-refractivity contribution in [3.8, 4) is 0 Å². The van der Waals surface area contributed by atoms with Crippen LogP contribution in [0.5, 0.6) is 0 Å². The first-order valence-electron chi connectivity index (χ1n) is 45.6. The molecular weight excluding hydrogens is 1660 g/mol. The van der Waals surface area contributed by atoms with Crippen molar-refractivity contribution in [2.24, 2.45) is 156 Å². The van der Waals surface area contributed by atoms with Gasteiger partial charge in [0.2, 0.25) is 0 Å². The van der Waals surface area contributed by atoms with Crippen LogP contribution in [0.15, 0.2) is 0 Å². The standard InChI is InChI=1S/C16H24O5.3C16H24O4.C15H22O4.C14H20O4.12CH4/c1-4-8(3)15(17)21-14-9-6-10(13(14)19-5-2)12-11(9)7-20-16(12)18;1-4-15(2,3)14(18)20-12-6-10-5-11(12)16(7-10)8-13(17)19-9-16;1-4-15(2,3)13(17)20-12-8-11-7-10(12)9-16(11)5-6-19-14(16)18;1-4-15(2,3)13(17)20-12-8-10-7-11(12)16(9-10)5-6-19-14(16)18;1-4-15(2,3)14(17)19-11-6-8-5-9(11)12-10(8)7-18-13(12)16;1-3-7(2)13(15)18-11-5-8-4-9(11)12-10(8)6-17-14(12)16;;;;;;;;;;;;/h8-14H,4-7H2,1-3H3;3*10-12H,4-9H2,1-3H3;8-12H,4-7H2,1-3H3;7-12H,3-6H2,1-2H3;12*1H4. The topological polar surface area (TPSA) is 325 Å². The normalized spacial score (nSPS) is 36.7. The summed E-state index contributed by atoms with van der Waals surface area (Å²) in [5.41, 5.74) is -2.33. The molecule has 25 heteroatoms. The van der Waals surface area contributed by atoms with Crippen LogP contribution in [-0.4, -0.2) is 161 Å². The number of esters is 12. The summed E-state index contributed by atoms with van der Waals surface area (Å²) in [6.07, 6.45) is 19.7. The molecule has 756 valence electrons. The van der Waals surface area contributed by atoms with E-state index in [1.807, 2.05) is 118 Å². The second-order valence-electron chi connectivity index (χ2n) is 41.7. The molecule has 18 aliphatic rings. The molecule has 18 fully saturated rings. The second kappa shape index (κ2) is 47.4. The van der Waals surface area contributed by atoms with Crippen molar-refractivity contribution < 1.29 is 119 Å². The fraction of sp³-hybridized carbons (Fsp3) is 0.886. The highest BCUT2D eigenvalue weighted by atomic mass is 16.6. The maximum absolute atomic E-state index is 12.3. The molecule has 0 radical (unpaired) electrons. The quantitative estimate of drug-likeness (QED) is 0.0807. The Morgan fingerprint density at radius 2 is 0.769 bits per heavy atom. The fourth-order valence-corrected chi connectivity index (χ4v) is 24.4. The predicted octanol–water partition coefficient (Wildman–Crippen LogP) is 21.5. The number of fused-ring (bicyclic) bond motifs is 24. The number of ether oxygens (including phenoxy) is 13. The Balaban J connectivity index is 0.000000766. The Morgan fingerprint density at radius 3 is 1.16 bits per heavy atom. The van der Waals surface area contributed by atoms with Gasteiger partial charge in [-0.2, -0.15) is 0 Å². The summed E-state index contributed by atoms with van der Waals surface area (Å²) in [4.78, 5) is 144. The first kappa shape index (κ1) is 122. The summed E-state index contributed by atoms with van der Waals surface area (Å²) in [5, 5.41) is 0. The molecule has 12 saturated carbocycles. The van der Waals surface area contributed by atoms with Gasteiger partial charge in [-0.05, 0) is 239 Å². The van der Waals surface area contributed by atoms with E-state index in [0.29, 0.717) is 106 Å². The Bertz CT molecular complexity index is 3790. The van der Waals surface area contributed by atoms with Crippen LogP contribution in [0.4, 0.5) is 0 Å². The van der Waals surface area contributed by atoms with Crippen molar-refractivity contribution >= 4 is 71.6 Å². The zero-order chi connectivity index (χ0) is 85.4. The van der Waals surface area contributed by atoms with Crippen LogP contribution in [-0.2, 0) is 119 Å². The van der Waals surface area contributed by atoms with E-state index in [1.165, 1.54) is 0 Å². The van der Waals surface area contributed by atoms with E-state index < -0.39 is 21.7 Å². The number of carbonyl (C=O) groups is 12. The van der Waals surface area contributed by atoms with Crippen molar-refractivity contribution in [2.45, 2.75) is 397 Å². The molecular formula is C105H186O25. The third-order valence-electron chi connectivity index (χ3n) is 33.7. The zero-order valence-electron chi connectivity index (χ0n) is 73.5. The molecule has 25 nitrogen and oxygen atoms in total. The van der Waals surface area contributed by atoms with Gasteiger partial charge in [0.05, 0.1) is 114 Å². The molecule has 30 unspecified atom stereocenters. The van der Waals surface area contributed by atoms with Crippen LogP contribution >= 0.6 is 0 Å². The molecule has 6 aliphatic heterocycles. The van der Waals surface area contributed by atoms with Gasteiger partial charge in [-0.15, -0.1) is 0 Å². The molecule has 18 rings (SSSR count). The summed E-state index contributed by atoms with van der Waals surface area (Å²) in [7, 11) is 0. The van der Waals surface area contributed by atoms with Gasteiger partial charge < -0.3 is 61.6 Å². The van der Waals surface area contributed by atoms with Gasteiger partial charge >= 0.3 is 71.6 Å². The molecule has 6 heterocycles. The third-order valence-corrected chi connectivity index (χ3v) is 33.7. The lowest BCUT2D eigenvalue weighted by molar-refractivity contribution is -0.171. The number of hydrogen-bond acceptors (Lipinski definition) is 25. The third kappa shape index (κ3) is 23.0. The Kier molecular flexibility index (Phi) is 44.3. The molecule has 6 saturated heterocycles. The van der Waals surface area contributed by atoms with Gasteiger partial charge in [-0.3, -0.25) is 57.5 Å². The van der Waals surface area contributed by atoms with Crippen LogP contribution in [0.3, 0.4) is 0 Å². The van der Waals surface area contributed by atoms with Crippen molar-refractivity contribution in [1.82, 2.24) is 0 Å². The van der Waals surface area contributed by atoms with Gasteiger partial charge in [0.25, 0.3) is 0 Å². The van der Waals surface area contributed by atoms with Gasteiger partial charge in [0.1, 0.15) is 36.6 Å². The van der Waals surface area contributed by atoms with Gasteiger partial charge in [-0.1, -0.05) is 145 Å². The minimum absolute atomic E-state index is 0. The van der Waals surface area contributed by atoms with Crippen LogP contribution in [0.2, 0.25) is 0 Å². The second-order valence-corrected chi connectivity index (χ2v) is 41.7. The summed E-state index contributed by atoms with van der Waals surface area (Å²) >= 11 is 0. The molecule has 3 spiro atoms. The average Bonchev–Trinajstić information content (AvgIpc) is 1.56. The molecule has 0 aromatic rings. The van der Waals surface area contributed by atoms with Crippen LogP contribution < -0.4 is 0 Å². The number of hydrogen-bond donors (Lipinski definition) is 0. The number of rotatable bonds is 20. The van der Waals surface area contributed by atoms with E-state index in [2.05, 4.69) is 0 Å². The average molecular weight is 1850 g/mol. The lowest BCUT2D eigenvalue weighted by Crippen LogP contribution is -2.46. The molecule has 0 amide bonds. The van der Waals surface area contributed by atoms with Crippen LogP contribution in [0.25, 0.3) is 0 Å². The highest BCUT2D eigenvalue weighted by Gasteiger charge is 2.69. The van der Waals surface area contributed by atoms with Gasteiger partial charge in [0.15, 0.2) is 0 Å². The van der Waals surface area contributed by atoms with Crippen molar-refractivity contribution in [1.29, 1.82) is 0 Å². The molecule has 12 aliphatic carbocycles. The zero-order valence-corrected chi connectivity index (χ0v) is 73.5. The van der Waals surface area contributed by atoms with E-state index in [0.717, 1.165) is 141 Å². The van der Waals surface area contributed by atoms with Gasteiger partial charge in [-0.25, -0.2) is 0 Å². The maximum atomic E-state index is 12.3. The van der Waals surface area contributed by atoms with Crippen LogP contribution in [0, 0.1) is 156 Å².